The Kier molecular flexibility index (Phi) is 8.20. The Labute approximate surface area is 195 Å². The maximum absolute atomic E-state index is 11.7. The van der Waals surface area contributed by atoms with Gasteiger partial charge in [0, 0.05) is 32.5 Å². The largest absolute Gasteiger partial charge is 0.489 e. The van der Waals surface area contributed by atoms with E-state index in [0.717, 1.165) is 0 Å². The quantitative estimate of drug-likeness (QED) is 0.502. The standard InChI is InChI=1S/C22H24Cl2N2O6/c1-13(27)25-19-4-2-3-5-21(19)31-12-14(28)10-26-11-16(9-20(26)22(29)30)32-15-6-7-17(23)18(24)8-15/h2-8,14,16,20,28H,9-12H2,1H3,(H,25,27)(H,29,30)/t14-,16?,20?/m0/s1. The van der Waals surface area contributed by atoms with Gasteiger partial charge in [-0.3, -0.25) is 14.5 Å². The van der Waals surface area contributed by atoms with Crippen molar-refractivity contribution in [1.82, 2.24) is 4.90 Å². The second-order valence-electron chi connectivity index (χ2n) is 7.50. The summed E-state index contributed by atoms with van der Waals surface area (Å²) in [4.78, 5) is 24.7. The molecular weight excluding hydrogens is 459 g/mol. The second kappa shape index (κ2) is 10.9. The molecule has 2 unspecified atom stereocenters. The van der Waals surface area contributed by atoms with E-state index in [-0.39, 0.29) is 31.6 Å². The van der Waals surface area contributed by atoms with Crippen molar-refractivity contribution in [3.05, 3.63) is 52.5 Å². The Bertz CT molecular complexity index is 973. The van der Waals surface area contributed by atoms with Crippen molar-refractivity contribution in [1.29, 1.82) is 0 Å². The maximum Gasteiger partial charge on any atom is 0.321 e. The van der Waals surface area contributed by atoms with Crippen LogP contribution in [0.4, 0.5) is 5.69 Å². The molecule has 1 saturated heterocycles. The van der Waals surface area contributed by atoms with Crippen LogP contribution in [-0.2, 0) is 9.59 Å². The molecule has 0 aromatic heterocycles. The number of carboxylic acids is 1. The van der Waals surface area contributed by atoms with Crippen LogP contribution in [0, 0.1) is 0 Å². The summed E-state index contributed by atoms with van der Waals surface area (Å²) >= 11 is 11.9. The molecular formula is C22H24Cl2N2O6. The van der Waals surface area contributed by atoms with Crippen molar-refractivity contribution < 1.29 is 29.3 Å². The molecule has 0 saturated carbocycles. The number of nitrogens with one attached hydrogen (secondary N) is 1. The van der Waals surface area contributed by atoms with Gasteiger partial charge >= 0.3 is 5.97 Å². The molecule has 0 aliphatic carbocycles. The minimum absolute atomic E-state index is 0.0717. The molecule has 1 amide bonds. The number of aliphatic hydroxyl groups is 1. The first-order chi connectivity index (χ1) is 15.2. The summed E-state index contributed by atoms with van der Waals surface area (Å²) < 4.78 is 11.5. The molecule has 8 nitrogen and oxygen atoms in total. The highest BCUT2D eigenvalue weighted by atomic mass is 35.5. The van der Waals surface area contributed by atoms with E-state index in [1.165, 1.54) is 6.92 Å². The number of nitrogens with zero attached hydrogens (tertiary/aromatic N) is 1. The Morgan fingerprint density at radius 3 is 2.66 bits per heavy atom. The SMILES string of the molecule is CC(=O)Nc1ccccc1OC[C@@H](O)CN1CC(Oc2ccc(Cl)c(Cl)c2)CC1C(=O)O. The predicted molar refractivity (Wildman–Crippen MR) is 121 cm³/mol. The highest BCUT2D eigenvalue weighted by Crippen LogP contribution is 2.29. The second-order valence-corrected chi connectivity index (χ2v) is 8.32. The molecule has 3 rings (SSSR count). The van der Waals surface area contributed by atoms with Gasteiger partial charge in [0.15, 0.2) is 0 Å². The highest BCUT2D eigenvalue weighted by molar-refractivity contribution is 6.42. The third-order valence-electron chi connectivity index (χ3n) is 4.92. The van der Waals surface area contributed by atoms with Gasteiger partial charge in [0.25, 0.3) is 0 Å². The lowest BCUT2D eigenvalue weighted by atomic mass is 10.2. The number of β-amino-alcohol motifs (C(OH)–C–C–N with tert-alkyl or cyclic N) is 1. The molecule has 3 N–H and O–H groups in total. The molecule has 32 heavy (non-hydrogen) atoms. The van der Waals surface area contributed by atoms with Crippen LogP contribution in [0.5, 0.6) is 11.5 Å². The maximum atomic E-state index is 11.7. The summed E-state index contributed by atoms with van der Waals surface area (Å²) in [5.74, 6) is -0.321. The number of hydrogen-bond acceptors (Lipinski definition) is 6. The van der Waals surface area contributed by atoms with E-state index >= 15 is 0 Å². The fraction of sp³-hybridized carbons (Fsp3) is 0.364. The average Bonchev–Trinajstić information content (AvgIpc) is 3.12. The molecule has 0 bridgehead atoms. The highest BCUT2D eigenvalue weighted by Gasteiger charge is 2.39. The molecule has 3 atom stereocenters. The number of amides is 1. The molecule has 1 aliphatic heterocycles. The Morgan fingerprint density at radius 2 is 1.97 bits per heavy atom. The molecule has 172 valence electrons. The average molecular weight is 483 g/mol. The van der Waals surface area contributed by atoms with Crippen LogP contribution in [0.15, 0.2) is 42.5 Å². The predicted octanol–water partition coefficient (Wildman–Crippen LogP) is 3.30. The molecule has 1 fully saturated rings. The first kappa shape index (κ1) is 24.1. The van der Waals surface area contributed by atoms with Crippen LogP contribution >= 0.6 is 23.2 Å². The minimum atomic E-state index is -0.991. The van der Waals surface area contributed by atoms with Gasteiger partial charge < -0.3 is 25.0 Å². The fourth-order valence-corrected chi connectivity index (χ4v) is 3.83. The lowest BCUT2D eigenvalue weighted by Gasteiger charge is -2.24. The number of benzene rings is 2. The summed E-state index contributed by atoms with van der Waals surface area (Å²) in [7, 11) is 0. The number of halogens is 2. The summed E-state index contributed by atoms with van der Waals surface area (Å²) in [6.07, 6.45) is -1.08. The van der Waals surface area contributed by atoms with Crippen molar-refractivity contribution in [2.75, 3.05) is 25.0 Å². The third kappa shape index (κ3) is 6.49. The Morgan fingerprint density at radius 1 is 1.22 bits per heavy atom. The van der Waals surface area contributed by atoms with Gasteiger partial charge in [0.2, 0.25) is 5.91 Å². The van der Waals surface area contributed by atoms with E-state index in [1.807, 2.05) is 0 Å². The first-order valence-electron chi connectivity index (χ1n) is 9.99. The van der Waals surface area contributed by atoms with Crippen molar-refractivity contribution in [2.24, 2.45) is 0 Å². The number of ether oxygens (including phenoxy) is 2. The number of para-hydroxylation sites is 2. The number of likely N-dealkylation sites (tertiary alicyclic amines) is 1. The van der Waals surface area contributed by atoms with Gasteiger partial charge in [-0.2, -0.15) is 0 Å². The monoisotopic (exact) mass is 482 g/mol. The normalized spacial score (nSPS) is 19.4. The smallest absolute Gasteiger partial charge is 0.321 e. The zero-order chi connectivity index (χ0) is 23.3. The molecule has 10 heteroatoms. The molecule has 0 spiro atoms. The van der Waals surface area contributed by atoms with E-state index in [1.54, 1.807) is 47.4 Å². The number of rotatable bonds is 9. The van der Waals surface area contributed by atoms with Gasteiger partial charge in [-0.25, -0.2) is 0 Å². The molecule has 2 aromatic carbocycles. The molecule has 2 aromatic rings. The summed E-state index contributed by atoms with van der Waals surface area (Å²) in [5.41, 5.74) is 0.492. The zero-order valence-electron chi connectivity index (χ0n) is 17.3. The number of carboxylic acid groups (broad SMARTS) is 1. The van der Waals surface area contributed by atoms with Gasteiger partial charge in [0.05, 0.1) is 15.7 Å². The van der Waals surface area contributed by atoms with Crippen LogP contribution in [0.25, 0.3) is 0 Å². The van der Waals surface area contributed by atoms with E-state index < -0.39 is 18.1 Å². The number of carbonyl (C=O) groups excluding carboxylic acids is 1. The minimum Gasteiger partial charge on any atom is -0.489 e. The number of anilines is 1. The van der Waals surface area contributed by atoms with Gasteiger partial charge in [-0.1, -0.05) is 35.3 Å². The lowest BCUT2D eigenvalue weighted by Crippen LogP contribution is -2.42. The third-order valence-corrected chi connectivity index (χ3v) is 5.66. The molecule has 0 radical (unpaired) electrons. The van der Waals surface area contributed by atoms with E-state index in [9.17, 15) is 19.8 Å². The summed E-state index contributed by atoms with van der Waals surface area (Å²) in [6, 6.07) is 10.9. The number of aliphatic carboxylic acids is 1. The van der Waals surface area contributed by atoms with Crippen LogP contribution < -0.4 is 14.8 Å². The lowest BCUT2D eigenvalue weighted by molar-refractivity contribution is -0.142. The molecule has 1 heterocycles. The van der Waals surface area contributed by atoms with Gasteiger partial charge in [0.1, 0.15) is 36.4 Å². The van der Waals surface area contributed by atoms with Crippen molar-refractivity contribution in [3.63, 3.8) is 0 Å². The van der Waals surface area contributed by atoms with E-state index in [2.05, 4.69) is 5.32 Å². The zero-order valence-corrected chi connectivity index (χ0v) is 18.8. The Balaban J connectivity index is 1.58. The van der Waals surface area contributed by atoms with Crippen molar-refractivity contribution >= 4 is 40.8 Å². The fourth-order valence-electron chi connectivity index (χ4n) is 3.54. The van der Waals surface area contributed by atoms with Gasteiger partial charge in [-0.15, -0.1) is 0 Å². The van der Waals surface area contributed by atoms with Crippen LogP contribution in [0.3, 0.4) is 0 Å². The van der Waals surface area contributed by atoms with E-state index in [4.69, 9.17) is 32.7 Å². The summed E-state index contributed by atoms with van der Waals surface area (Å²) in [6.45, 7) is 1.72. The van der Waals surface area contributed by atoms with Crippen LogP contribution in [0.1, 0.15) is 13.3 Å². The summed E-state index contributed by atoms with van der Waals surface area (Å²) in [5, 5.41) is 23.5. The molecule has 1 aliphatic rings. The number of carbonyl (C=O) groups is 2. The van der Waals surface area contributed by atoms with Crippen molar-refractivity contribution in [3.8, 4) is 11.5 Å². The van der Waals surface area contributed by atoms with Crippen LogP contribution in [-0.4, -0.2) is 64.9 Å². The topological polar surface area (TPSA) is 108 Å². The number of hydrogen-bond donors (Lipinski definition) is 3. The first-order valence-corrected chi connectivity index (χ1v) is 10.7. The van der Waals surface area contributed by atoms with Gasteiger partial charge in [-0.05, 0) is 24.3 Å². The van der Waals surface area contributed by atoms with Crippen molar-refractivity contribution in [2.45, 2.75) is 31.6 Å². The Hall–Kier alpha value is -2.52. The number of aliphatic hydroxyl groups excluding tert-OH is 1. The van der Waals surface area contributed by atoms with E-state index in [0.29, 0.717) is 33.8 Å². The van der Waals surface area contributed by atoms with Crippen LogP contribution in [0.2, 0.25) is 10.0 Å².